The van der Waals surface area contributed by atoms with E-state index in [-0.39, 0.29) is 0 Å². The predicted molar refractivity (Wildman–Crippen MR) is 116 cm³/mol. The van der Waals surface area contributed by atoms with E-state index in [0.29, 0.717) is 23.1 Å². The molecule has 146 valence electrons. The fourth-order valence-corrected chi connectivity index (χ4v) is 3.36. The van der Waals surface area contributed by atoms with E-state index in [0.717, 1.165) is 27.9 Å². The number of carbonyl (C=O) groups is 2. The Morgan fingerprint density at radius 1 is 0.900 bits per heavy atom. The standard InChI is InChI=1S/C25H19N3O2/c1-16-2-6-18(7-3-16)19-8-11-21-22(14-19)23(25(30)28-24(21)29)15-27-20-9-4-17(5-10-20)12-13-26/h2-11,14-15,27H,12H2,1H3,(H,28,29,30)/b23-15-. The molecule has 0 atom stereocenters. The molecule has 0 aromatic heterocycles. The SMILES string of the molecule is Cc1ccc(-c2ccc3c(c2)/C(=C/Nc2ccc(CC#N)cc2)C(=O)NC3=O)cc1. The highest BCUT2D eigenvalue weighted by molar-refractivity contribution is 6.31. The average Bonchev–Trinajstić information content (AvgIpc) is 2.75. The van der Waals surface area contributed by atoms with E-state index in [2.05, 4.69) is 16.7 Å². The topological polar surface area (TPSA) is 82.0 Å². The highest BCUT2D eigenvalue weighted by Crippen LogP contribution is 2.30. The number of imide groups is 1. The molecule has 0 aliphatic carbocycles. The van der Waals surface area contributed by atoms with Crippen molar-refractivity contribution in [3.63, 3.8) is 0 Å². The first-order chi connectivity index (χ1) is 14.5. The average molecular weight is 393 g/mol. The van der Waals surface area contributed by atoms with Crippen LogP contribution in [-0.2, 0) is 11.2 Å². The van der Waals surface area contributed by atoms with Gasteiger partial charge in [0.2, 0.25) is 0 Å². The molecule has 5 heteroatoms. The molecule has 0 bridgehead atoms. The quantitative estimate of drug-likeness (QED) is 0.507. The summed E-state index contributed by atoms with van der Waals surface area (Å²) < 4.78 is 0. The second-order valence-corrected chi connectivity index (χ2v) is 7.14. The smallest absolute Gasteiger partial charge is 0.260 e. The number of benzene rings is 3. The maximum Gasteiger partial charge on any atom is 0.260 e. The number of amides is 2. The Bertz CT molecular complexity index is 1200. The summed E-state index contributed by atoms with van der Waals surface area (Å²) in [4.78, 5) is 24.8. The molecule has 1 aliphatic rings. The van der Waals surface area contributed by atoms with Crippen LogP contribution in [0.1, 0.15) is 27.0 Å². The van der Waals surface area contributed by atoms with Gasteiger partial charge in [-0.2, -0.15) is 5.26 Å². The molecular formula is C25H19N3O2. The van der Waals surface area contributed by atoms with Gasteiger partial charge < -0.3 is 5.32 Å². The highest BCUT2D eigenvalue weighted by atomic mass is 16.2. The van der Waals surface area contributed by atoms with Gasteiger partial charge in [-0.3, -0.25) is 14.9 Å². The van der Waals surface area contributed by atoms with Crippen molar-refractivity contribution in [1.82, 2.24) is 5.32 Å². The fourth-order valence-electron chi connectivity index (χ4n) is 3.36. The molecule has 1 heterocycles. The summed E-state index contributed by atoms with van der Waals surface area (Å²) in [5.74, 6) is -0.842. The van der Waals surface area contributed by atoms with Gasteiger partial charge in [0.1, 0.15) is 0 Å². The monoisotopic (exact) mass is 393 g/mol. The molecule has 0 fully saturated rings. The summed E-state index contributed by atoms with van der Waals surface area (Å²) in [6, 6.07) is 23.1. The van der Waals surface area contributed by atoms with Crippen molar-refractivity contribution in [2.45, 2.75) is 13.3 Å². The van der Waals surface area contributed by atoms with Crippen LogP contribution in [0.15, 0.2) is 72.9 Å². The number of anilines is 1. The zero-order valence-corrected chi connectivity index (χ0v) is 16.4. The van der Waals surface area contributed by atoms with Crippen LogP contribution < -0.4 is 10.6 Å². The Balaban J connectivity index is 1.69. The van der Waals surface area contributed by atoms with Crippen LogP contribution in [0, 0.1) is 18.3 Å². The Morgan fingerprint density at radius 2 is 1.60 bits per heavy atom. The molecular weight excluding hydrogens is 374 g/mol. The maximum atomic E-state index is 12.5. The zero-order valence-electron chi connectivity index (χ0n) is 16.4. The van der Waals surface area contributed by atoms with Crippen LogP contribution in [0.4, 0.5) is 5.69 Å². The zero-order chi connectivity index (χ0) is 21.1. The maximum absolute atomic E-state index is 12.5. The summed E-state index contributed by atoms with van der Waals surface area (Å²) in [6.07, 6.45) is 1.96. The van der Waals surface area contributed by atoms with Gasteiger partial charge in [0.15, 0.2) is 0 Å². The lowest BCUT2D eigenvalue weighted by Gasteiger charge is -2.19. The first kappa shape index (κ1) is 19.2. The third-order valence-corrected chi connectivity index (χ3v) is 5.03. The van der Waals surface area contributed by atoms with Gasteiger partial charge in [0, 0.05) is 23.0 Å². The molecule has 0 spiro atoms. The summed E-state index contributed by atoms with van der Waals surface area (Å²) in [7, 11) is 0. The highest BCUT2D eigenvalue weighted by Gasteiger charge is 2.27. The fraction of sp³-hybridized carbons (Fsp3) is 0.0800. The van der Waals surface area contributed by atoms with Crippen LogP contribution in [0.5, 0.6) is 0 Å². The third-order valence-electron chi connectivity index (χ3n) is 5.03. The van der Waals surface area contributed by atoms with Gasteiger partial charge in [0.25, 0.3) is 11.8 Å². The molecule has 0 saturated heterocycles. The van der Waals surface area contributed by atoms with Crippen molar-refractivity contribution in [3.05, 3.63) is 95.2 Å². The van der Waals surface area contributed by atoms with E-state index >= 15 is 0 Å². The molecule has 30 heavy (non-hydrogen) atoms. The first-order valence-electron chi connectivity index (χ1n) is 9.55. The van der Waals surface area contributed by atoms with Crippen LogP contribution in [-0.4, -0.2) is 11.8 Å². The molecule has 0 saturated carbocycles. The lowest BCUT2D eigenvalue weighted by Crippen LogP contribution is -2.36. The van der Waals surface area contributed by atoms with Crippen LogP contribution >= 0.6 is 0 Å². The molecule has 0 unspecified atom stereocenters. The minimum atomic E-state index is -0.442. The van der Waals surface area contributed by atoms with E-state index in [1.54, 1.807) is 12.3 Å². The van der Waals surface area contributed by atoms with Gasteiger partial charge >= 0.3 is 0 Å². The van der Waals surface area contributed by atoms with Crippen molar-refractivity contribution in [2.24, 2.45) is 0 Å². The number of carbonyl (C=O) groups excluding carboxylic acids is 2. The molecule has 3 aromatic rings. The van der Waals surface area contributed by atoms with Gasteiger partial charge in [-0.1, -0.05) is 48.0 Å². The summed E-state index contributed by atoms with van der Waals surface area (Å²) in [5, 5.41) is 14.3. The second-order valence-electron chi connectivity index (χ2n) is 7.14. The van der Waals surface area contributed by atoms with Gasteiger partial charge in [0.05, 0.1) is 18.1 Å². The van der Waals surface area contributed by atoms with Crippen molar-refractivity contribution in [2.75, 3.05) is 5.32 Å². The minimum Gasteiger partial charge on any atom is -0.361 e. The molecule has 1 aliphatic heterocycles. The molecule has 2 N–H and O–H groups in total. The Hall–Kier alpha value is -4.17. The van der Waals surface area contributed by atoms with Gasteiger partial charge in [-0.15, -0.1) is 0 Å². The van der Waals surface area contributed by atoms with Gasteiger partial charge in [-0.05, 0) is 47.9 Å². The van der Waals surface area contributed by atoms with Gasteiger partial charge in [-0.25, -0.2) is 0 Å². The molecule has 5 nitrogen and oxygen atoms in total. The Kier molecular flexibility index (Phi) is 5.15. The number of fused-ring (bicyclic) bond motifs is 1. The van der Waals surface area contributed by atoms with E-state index in [9.17, 15) is 9.59 Å². The molecule has 2 amide bonds. The van der Waals surface area contributed by atoms with E-state index in [4.69, 9.17) is 5.26 Å². The number of nitrogens with zero attached hydrogens (tertiary/aromatic N) is 1. The molecule has 0 radical (unpaired) electrons. The van der Waals surface area contributed by atoms with Crippen LogP contribution in [0.3, 0.4) is 0 Å². The summed E-state index contributed by atoms with van der Waals surface area (Å²) in [5.41, 5.74) is 6.26. The molecule has 3 aromatic carbocycles. The van der Waals surface area contributed by atoms with Crippen molar-refractivity contribution < 1.29 is 9.59 Å². The number of nitrogens with one attached hydrogen (secondary N) is 2. The predicted octanol–water partition coefficient (Wildman–Crippen LogP) is 4.45. The number of nitriles is 1. The van der Waals surface area contributed by atoms with E-state index in [1.165, 1.54) is 0 Å². The minimum absolute atomic E-state index is 0.348. The largest absolute Gasteiger partial charge is 0.361 e. The van der Waals surface area contributed by atoms with Crippen LogP contribution in [0.25, 0.3) is 16.7 Å². The lowest BCUT2D eigenvalue weighted by atomic mass is 9.91. The lowest BCUT2D eigenvalue weighted by molar-refractivity contribution is -0.114. The second kappa shape index (κ2) is 8.06. The van der Waals surface area contributed by atoms with Crippen molar-refractivity contribution in [1.29, 1.82) is 5.26 Å². The third kappa shape index (κ3) is 3.85. The van der Waals surface area contributed by atoms with E-state index in [1.807, 2.05) is 67.6 Å². The van der Waals surface area contributed by atoms with Crippen molar-refractivity contribution in [3.8, 4) is 17.2 Å². The van der Waals surface area contributed by atoms with E-state index < -0.39 is 11.8 Å². The number of rotatable bonds is 4. The number of aryl methyl sites for hydroxylation is 1. The summed E-state index contributed by atoms with van der Waals surface area (Å²) >= 11 is 0. The van der Waals surface area contributed by atoms with Crippen molar-refractivity contribution >= 4 is 23.1 Å². The first-order valence-corrected chi connectivity index (χ1v) is 9.55. The van der Waals surface area contributed by atoms with Crippen LogP contribution in [0.2, 0.25) is 0 Å². The normalized spacial score (nSPS) is 14.1. The Morgan fingerprint density at radius 3 is 2.30 bits per heavy atom. The Labute approximate surface area is 174 Å². The number of hydrogen-bond donors (Lipinski definition) is 2. The molecule has 4 rings (SSSR count). The summed E-state index contributed by atoms with van der Waals surface area (Å²) in [6.45, 7) is 2.03. The number of hydrogen-bond acceptors (Lipinski definition) is 4.